The zero-order chi connectivity index (χ0) is 13.4. The SMILES string of the molecule is N#CC1=c2ccccc2=C2C=C([N+](=O)[O-])C=CC2O1. The van der Waals surface area contributed by atoms with E-state index in [1.807, 2.05) is 18.2 Å². The van der Waals surface area contributed by atoms with Crippen molar-refractivity contribution in [2.24, 2.45) is 0 Å². The minimum absolute atomic E-state index is 0.0186. The van der Waals surface area contributed by atoms with E-state index >= 15 is 0 Å². The number of fused-ring (bicyclic) bond motifs is 2. The molecule has 1 aliphatic carbocycles. The third-order valence-corrected chi connectivity index (χ3v) is 3.09. The predicted molar refractivity (Wildman–Crippen MR) is 67.2 cm³/mol. The highest BCUT2D eigenvalue weighted by Crippen LogP contribution is 2.23. The van der Waals surface area contributed by atoms with Gasteiger partial charge >= 0.3 is 0 Å². The van der Waals surface area contributed by atoms with E-state index in [2.05, 4.69) is 0 Å². The maximum absolute atomic E-state index is 10.8. The highest BCUT2D eigenvalue weighted by molar-refractivity contribution is 5.72. The van der Waals surface area contributed by atoms with Crippen LogP contribution in [-0.4, -0.2) is 11.0 Å². The van der Waals surface area contributed by atoms with E-state index in [1.165, 1.54) is 12.2 Å². The van der Waals surface area contributed by atoms with Crippen LogP contribution < -0.4 is 10.4 Å². The van der Waals surface area contributed by atoms with Crippen LogP contribution in [0.15, 0.2) is 48.2 Å². The van der Waals surface area contributed by atoms with Gasteiger partial charge in [0.2, 0.25) is 5.76 Å². The van der Waals surface area contributed by atoms with Crippen molar-refractivity contribution in [3.05, 3.63) is 68.7 Å². The minimum Gasteiger partial charge on any atom is -0.471 e. The number of rotatable bonds is 1. The average molecular weight is 252 g/mol. The van der Waals surface area contributed by atoms with E-state index in [0.717, 1.165) is 5.22 Å². The van der Waals surface area contributed by atoms with E-state index in [-0.39, 0.29) is 11.5 Å². The molecule has 0 amide bonds. The zero-order valence-corrected chi connectivity index (χ0v) is 9.74. The van der Waals surface area contributed by atoms with Crippen molar-refractivity contribution >= 4 is 11.3 Å². The largest absolute Gasteiger partial charge is 0.471 e. The number of benzene rings is 1. The summed E-state index contributed by atoms with van der Waals surface area (Å²) in [5, 5.41) is 21.4. The lowest BCUT2D eigenvalue weighted by Gasteiger charge is -2.22. The molecule has 1 aromatic carbocycles. The number of hydrogen-bond donors (Lipinski definition) is 0. The number of allylic oxidation sites excluding steroid dienone is 1. The monoisotopic (exact) mass is 252 g/mol. The summed E-state index contributed by atoms with van der Waals surface area (Å²) >= 11 is 0. The van der Waals surface area contributed by atoms with Crippen molar-refractivity contribution in [2.75, 3.05) is 0 Å². The summed E-state index contributed by atoms with van der Waals surface area (Å²) < 4.78 is 5.56. The Balaban J connectivity index is 2.38. The minimum atomic E-state index is -0.439. The Hall–Kier alpha value is -2.87. The smallest absolute Gasteiger partial charge is 0.269 e. The van der Waals surface area contributed by atoms with Gasteiger partial charge in [-0.15, -0.1) is 0 Å². The van der Waals surface area contributed by atoms with Crippen LogP contribution in [-0.2, 0) is 4.74 Å². The van der Waals surface area contributed by atoms with E-state index in [1.54, 1.807) is 18.2 Å². The van der Waals surface area contributed by atoms with Gasteiger partial charge < -0.3 is 4.74 Å². The fourth-order valence-electron chi connectivity index (χ4n) is 2.24. The zero-order valence-electron chi connectivity index (χ0n) is 9.74. The van der Waals surface area contributed by atoms with Gasteiger partial charge in [0.05, 0.1) is 4.92 Å². The van der Waals surface area contributed by atoms with E-state index in [0.29, 0.717) is 10.8 Å². The van der Waals surface area contributed by atoms with Gasteiger partial charge in [-0.3, -0.25) is 10.1 Å². The first kappa shape index (κ1) is 11.2. The quantitative estimate of drug-likeness (QED) is 0.541. The summed E-state index contributed by atoms with van der Waals surface area (Å²) in [7, 11) is 0. The number of ether oxygens (including phenoxy) is 1. The molecule has 5 nitrogen and oxygen atoms in total. The van der Waals surface area contributed by atoms with Crippen molar-refractivity contribution in [3.63, 3.8) is 0 Å². The second-order valence-corrected chi connectivity index (χ2v) is 4.17. The molecule has 0 radical (unpaired) electrons. The summed E-state index contributed by atoms with van der Waals surface area (Å²) in [6, 6.07) is 9.27. The van der Waals surface area contributed by atoms with Crippen LogP contribution in [0.1, 0.15) is 0 Å². The van der Waals surface area contributed by atoms with Crippen LogP contribution >= 0.6 is 0 Å². The van der Waals surface area contributed by atoms with E-state index < -0.39 is 11.0 Å². The molecule has 1 atom stereocenters. The highest BCUT2D eigenvalue weighted by Gasteiger charge is 2.25. The third-order valence-electron chi connectivity index (χ3n) is 3.09. The highest BCUT2D eigenvalue weighted by atomic mass is 16.6. The molecule has 2 aliphatic rings. The lowest BCUT2D eigenvalue weighted by atomic mass is 9.97. The molecule has 0 saturated carbocycles. The van der Waals surface area contributed by atoms with Crippen molar-refractivity contribution in [1.82, 2.24) is 0 Å². The molecule has 0 spiro atoms. The Kier molecular flexibility index (Phi) is 2.43. The molecule has 0 saturated heterocycles. The summed E-state index contributed by atoms with van der Waals surface area (Å²) in [4.78, 5) is 10.4. The molecule has 92 valence electrons. The van der Waals surface area contributed by atoms with Crippen molar-refractivity contribution in [2.45, 2.75) is 6.10 Å². The van der Waals surface area contributed by atoms with Gasteiger partial charge in [0.15, 0.2) is 0 Å². The lowest BCUT2D eigenvalue weighted by molar-refractivity contribution is -0.419. The predicted octanol–water partition coefficient (Wildman–Crippen LogP) is 0.598. The van der Waals surface area contributed by atoms with Gasteiger partial charge in [-0.05, 0) is 17.4 Å². The van der Waals surface area contributed by atoms with Gasteiger partial charge in [-0.2, -0.15) is 5.26 Å². The first-order valence-electron chi connectivity index (χ1n) is 5.65. The Bertz CT molecular complexity index is 797. The molecule has 5 heteroatoms. The van der Waals surface area contributed by atoms with Gasteiger partial charge in [-0.25, -0.2) is 0 Å². The standard InChI is InChI=1S/C14H8N2O3/c15-8-14-11-4-2-1-3-10(11)12-7-9(16(17)18)5-6-13(12)19-14/h1-7,13H. The molecule has 0 aromatic heterocycles. The van der Waals surface area contributed by atoms with Crippen molar-refractivity contribution in [1.29, 1.82) is 5.26 Å². The Morgan fingerprint density at radius 1 is 1.32 bits per heavy atom. The van der Waals surface area contributed by atoms with Crippen LogP contribution in [0.2, 0.25) is 0 Å². The molecular formula is C14H8N2O3. The molecule has 1 aliphatic heterocycles. The number of nitrogens with zero attached hydrogens (tertiary/aromatic N) is 2. The second kappa shape index (κ2) is 4.10. The van der Waals surface area contributed by atoms with Crippen molar-refractivity contribution < 1.29 is 9.66 Å². The summed E-state index contributed by atoms with van der Waals surface area (Å²) in [6.07, 6.45) is 4.06. The third kappa shape index (κ3) is 1.70. The normalized spacial score (nSPS) is 19.7. The van der Waals surface area contributed by atoms with Crippen molar-refractivity contribution in [3.8, 4) is 6.07 Å². The van der Waals surface area contributed by atoms with Gasteiger partial charge in [0.1, 0.15) is 12.2 Å². The first-order chi connectivity index (χ1) is 9.20. The number of nitro groups is 1. The topological polar surface area (TPSA) is 76.2 Å². The number of nitriles is 1. The molecule has 0 bridgehead atoms. The Morgan fingerprint density at radius 3 is 2.74 bits per heavy atom. The lowest BCUT2D eigenvalue weighted by Crippen LogP contribution is -2.38. The maximum Gasteiger partial charge on any atom is 0.269 e. The summed E-state index contributed by atoms with van der Waals surface area (Å²) in [5.41, 5.74) is 0.730. The van der Waals surface area contributed by atoms with Crippen LogP contribution in [0.25, 0.3) is 11.3 Å². The Morgan fingerprint density at radius 2 is 2.05 bits per heavy atom. The Labute approximate surface area is 108 Å². The van der Waals surface area contributed by atoms with Gasteiger partial charge in [0, 0.05) is 22.9 Å². The maximum atomic E-state index is 10.8. The second-order valence-electron chi connectivity index (χ2n) is 4.17. The fourth-order valence-corrected chi connectivity index (χ4v) is 2.24. The number of hydrogen-bond acceptors (Lipinski definition) is 4. The van der Waals surface area contributed by atoms with Crippen LogP contribution in [0.3, 0.4) is 0 Å². The van der Waals surface area contributed by atoms with Crippen LogP contribution in [0.5, 0.6) is 0 Å². The molecule has 0 fully saturated rings. The van der Waals surface area contributed by atoms with Gasteiger partial charge in [0.25, 0.3) is 5.70 Å². The molecule has 1 aromatic rings. The van der Waals surface area contributed by atoms with Crippen LogP contribution in [0.4, 0.5) is 0 Å². The average Bonchev–Trinajstić information content (AvgIpc) is 2.45. The summed E-state index contributed by atoms with van der Waals surface area (Å²) in [5.74, 6) is 0.243. The molecule has 19 heavy (non-hydrogen) atoms. The molecule has 0 N–H and O–H groups in total. The van der Waals surface area contributed by atoms with E-state index in [9.17, 15) is 10.1 Å². The molecular weight excluding hydrogens is 244 g/mol. The van der Waals surface area contributed by atoms with Gasteiger partial charge in [-0.1, -0.05) is 18.2 Å². The van der Waals surface area contributed by atoms with Crippen LogP contribution in [0, 0.1) is 21.4 Å². The fraction of sp³-hybridized carbons (Fsp3) is 0.0714. The summed E-state index contributed by atoms with van der Waals surface area (Å²) in [6.45, 7) is 0. The molecule has 1 unspecified atom stereocenters. The molecule has 3 rings (SSSR count). The van der Waals surface area contributed by atoms with E-state index in [4.69, 9.17) is 10.00 Å². The first-order valence-corrected chi connectivity index (χ1v) is 5.65. The molecule has 1 heterocycles.